The van der Waals surface area contributed by atoms with E-state index in [1.54, 1.807) is 20.3 Å². The Bertz CT molecular complexity index is 477. The molecule has 21 heavy (non-hydrogen) atoms. The van der Waals surface area contributed by atoms with Crippen molar-refractivity contribution in [3.05, 3.63) is 12.1 Å². The van der Waals surface area contributed by atoms with E-state index in [1.807, 2.05) is 6.07 Å². The molecule has 1 heterocycles. The number of nitrogens with one attached hydrogen (secondary N) is 1. The maximum atomic E-state index is 6.07. The van der Waals surface area contributed by atoms with Crippen molar-refractivity contribution in [2.24, 2.45) is 5.92 Å². The molecule has 1 aliphatic heterocycles. The average Bonchev–Trinajstić information content (AvgIpc) is 2.94. The van der Waals surface area contributed by atoms with Crippen LogP contribution >= 0.6 is 0 Å². The number of rotatable bonds is 6. The minimum Gasteiger partial charge on any atom is -0.493 e. The topological polar surface area (TPSA) is 59.8 Å². The first kappa shape index (κ1) is 15.8. The first-order valence-electron chi connectivity index (χ1n) is 7.54. The van der Waals surface area contributed by atoms with Gasteiger partial charge in [-0.2, -0.15) is 0 Å². The summed E-state index contributed by atoms with van der Waals surface area (Å²) in [4.78, 5) is 2.52. The second-order valence-corrected chi connectivity index (χ2v) is 5.92. The van der Waals surface area contributed by atoms with Crippen LogP contribution in [0.1, 0.15) is 20.3 Å². The third-order valence-electron chi connectivity index (χ3n) is 4.18. The zero-order valence-electron chi connectivity index (χ0n) is 13.5. The lowest BCUT2D eigenvalue weighted by Crippen LogP contribution is -2.29. The Labute approximate surface area is 127 Å². The molecular formula is C16H27N3O2. The predicted octanol–water partition coefficient (Wildman–Crippen LogP) is 2.43. The zero-order valence-corrected chi connectivity index (χ0v) is 13.5. The van der Waals surface area contributed by atoms with Gasteiger partial charge in [0.15, 0.2) is 11.5 Å². The highest BCUT2D eigenvalue weighted by Crippen LogP contribution is 2.35. The molecule has 1 aromatic rings. The van der Waals surface area contributed by atoms with E-state index >= 15 is 0 Å². The Hall–Kier alpha value is -1.62. The summed E-state index contributed by atoms with van der Waals surface area (Å²) in [6, 6.07) is 4.33. The molecule has 1 aromatic carbocycles. The number of ether oxygens (including phenoxy) is 2. The summed E-state index contributed by atoms with van der Waals surface area (Å²) in [7, 11) is 3.25. The van der Waals surface area contributed by atoms with Crippen LogP contribution in [0.5, 0.6) is 11.5 Å². The summed E-state index contributed by atoms with van der Waals surface area (Å²) < 4.78 is 10.6. The Kier molecular flexibility index (Phi) is 5.17. The number of hydrogen-bond acceptors (Lipinski definition) is 5. The Morgan fingerprint density at radius 1 is 1.29 bits per heavy atom. The minimum absolute atomic E-state index is 0.626. The summed E-state index contributed by atoms with van der Waals surface area (Å²) in [5.41, 5.74) is 7.67. The minimum atomic E-state index is 0.626. The highest BCUT2D eigenvalue weighted by molar-refractivity contribution is 5.72. The summed E-state index contributed by atoms with van der Waals surface area (Å²) in [5, 5.41) is 3.45. The largest absolute Gasteiger partial charge is 0.493 e. The van der Waals surface area contributed by atoms with Crippen LogP contribution in [0, 0.1) is 5.92 Å². The predicted molar refractivity (Wildman–Crippen MR) is 87.3 cm³/mol. The standard InChI is InChI=1S/C16H27N3O2/c1-11(2)19-6-5-12(10-19)9-18-14-8-16(21-4)15(20-3)7-13(14)17/h7-8,11-12,18H,5-6,9-10,17H2,1-4H3. The van der Waals surface area contributed by atoms with Gasteiger partial charge in [0.05, 0.1) is 25.6 Å². The number of nitrogens with two attached hydrogens (primary N) is 1. The first-order valence-corrected chi connectivity index (χ1v) is 7.54. The quantitative estimate of drug-likeness (QED) is 0.789. The van der Waals surface area contributed by atoms with E-state index in [2.05, 4.69) is 24.1 Å². The Morgan fingerprint density at radius 2 is 1.95 bits per heavy atom. The molecule has 0 aromatic heterocycles. The fraction of sp³-hybridized carbons (Fsp3) is 0.625. The van der Waals surface area contributed by atoms with Crippen LogP contribution in [0.4, 0.5) is 11.4 Å². The summed E-state index contributed by atoms with van der Waals surface area (Å²) in [5.74, 6) is 2.02. The van der Waals surface area contributed by atoms with Crippen molar-refractivity contribution >= 4 is 11.4 Å². The van der Waals surface area contributed by atoms with Gasteiger partial charge in [0.1, 0.15) is 0 Å². The van der Waals surface area contributed by atoms with Gasteiger partial charge in [-0.25, -0.2) is 0 Å². The van der Waals surface area contributed by atoms with Gasteiger partial charge in [-0.05, 0) is 32.7 Å². The third kappa shape index (κ3) is 3.73. The van der Waals surface area contributed by atoms with Crippen LogP contribution in [0.2, 0.25) is 0 Å². The maximum Gasteiger partial charge on any atom is 0.162 e. The number of nitrogen functional groups attached to an aromatic ring is 1. The van der Waals surface area contributed by atoms with Crippen LogP contribution in [0.15, 0.2) is 12.1 Å². The molecule has 1 aliphatic rings. The van der Waals surface area contributed by atoms with Crippen LogP contribution in [0.3, 0.4) is 0 Å². The van der Waals surface area contributed by atoms with Gasteiger partial charge in [-0.15, -0.1) is 0 Å². The second-order valence-electron chi connectivity index (χ2n) is 5.92. The zero-order chi connectivity index (χ0) is 15.4. The molecule has 1 unspecified atom stereocenters. The van der Waals surface area contributed by atoms with Gasteiger partial charge in [0.2, 0.25) is 0 Å². The monoisotopic (exact) mass is 293 g/mol. The van der Waals surface area contributed by atoms with E-state index < -0.39 is 0 Å². The summed E-state index contributed by atoms with van der Waals surface area (Å²) in [6.07, 6.45) is 1.23. The SMILES string of the molecule is COc1cc(N)c(NCC2CCN(C(C)C)C2)cc1OC. The number of anilines is 2. The Morgan fingerprint density at radius 3 is 2.52 bits per heavy atom. The number of nitrogens with zero attached hydrogens (tertiary/aromatic N) is 1. The maximum absolute atomic E-state index is 6.07. The molecule has 0 aliphatic carbocycles. The van der Waals surface area contributed by atoms with Crippen LogP contribution in [-0.2, 0) is 0 Å². The van der Waals surface area contributed by atoms with Gasteiger partial charge < -0.3 is 25.4 Å². The van der Waals surface area contributed by atoms with Crippen molar-refractivity contribution in [3.63, 3.8) is 0 Å². The van der Waals surface area contributed by atoms with Crippen molar-refractivity contribution in [3.8, 4) is 11.5 Å². The number of methoxy groups -OCH3 is 2. The van der Waals surface area contributed by atoms with E-state index in [4.69, 9.17) is 15.2 Å². The molecule has 0 bridgehead atoms. The first-order chi connectivity index (χ1) is 10.0. The van der Waals surface area contributed by atoms with E-state index in [0.717, 1.165) is 18.8 Å². The molecule has 1 saturated heterocycles. The van der Waals surface area contributed by atoms with Gasteiger partial charge in [0.25, 0.3) is 0 Å². The van der Waals surface area contributed by atoms with Crippen molar-refractivity contribution in [1.29, 1.82) is 0 Å². The number of hydrogen-bond donors (Lipinski definition) is 2. The highest BCUT2D eigenvalue weighted by Gasteiger charge is 2.24. The molecule has 1 atom stereocenters. The summed E-state index contributed by atoms with van der Waals surface area (Å²) >= 11 is 0. The van der Waals surface area contributed by atoms with Crippen molar-refractivity contribution in [2.75, 3.05) is 44.9 Å². The molecule has 1 fully saturated rings. The van der Waals surface area contributed by atoms with Gasteiger partial charge in [-0.3, -0.25) is 0 Å². The normalized spacial score (nSPS) is 19.0. The van der Waals surface area contributed by atoms with Crippen LogP contribution < -0.4 is 20.5 Å². The fourth-order valence-electron chi connectivity index (χ4n) is 2.80. The molecule has 5 nitrogen and oxygen atoms in total. The lowest BCUT2D eigenvalue weighted by Gasteiger charge is -2.21. The van der Waals surface area contributed by atoms with Gasteiger partial charge in [0, 0.05) is 31.3 Å². The highest BCUT2D eigenvalue weighted by atomic mass is 16.5. The van der Waals surface area contributed by atoms with Gasteiger partial charge in [-0.1, -0.05) is 0 Å². The number of likely N-dealkylation sites (tertiary alicyclic amines) is 1. The van der Waals surface area contributed by atoms with Crippen LogP contribution in [0.25, 0.3) is 0 Å². The number of benzene rings is 1. The van der Waals surface area contributed by atoms with Gasteiger partial charge >= 0.3 is 0 Å². The molecule has 0 amide bonds. The molecule has 0 spiro atoms. The molecule has 118 valence electrons. The second kappa shape index (κ2) is 6.89. The smallest absolute Gasteiger partial charge is 0.162 e. The fourth-order valence-corrected chi connectivity index (χ4v) is 2.80. The molecule has 0 saturated carbocycles. The molecule has 5 heteroatoms. The van der Waals surface area contributed by atoms with E-state index in [0.29, 0.717) is 29.1 Å². The summed E-state index contributed by atoms with van der Waals surface area (Å²) in [6.45, 7) is 7.77. The third-order valence-corrected chi connectivity index (χ3v) is 4.18. The Balaban J connectivity index is 1.97. The van der Waals surface area contributed by atoms with Crippen molar-refractivity contribution in [2.45, 2.75) is 26.3 Å². The molecule has 3 N–H and O–H groups in total. The van der Waals surface area contributed by atoms with E-state index in [1.165, 1.54) is 13.0 Å². The lowest BCUT2D eigenvalue weighted by atomic mass is 10.1. The average molecular weight is 293 g/mol. The van der Waals surface area contributed by atoms with Crippen molar-refractivity contribution < 1.29 is 9.47 Å². The van der Waals surface area contributed by atoms with E-state index in [9.17, 15) is 0 Å². The van der Waals surface area contributed by atoms with Crippen molar-refractivity contribution in [1.82, 2.24) is 4.90 Å². The molecular weight excluding hydrogens is 266 g/mol. The molecule has 2 rings (SSSR count). The molecule has 0 radical (unpaired) electrons. The lowest BCUT2D eigenvalue weighted by molar-refractivity contribution is 0.266. The van der Waals surface area contributed by atoms with Crippen LogP contribution in [-0.4, -0.2) is 44.8 Å². The van der Waals surface area contributed by atoms with E-state index in [-0.39, 0.29) is 0 Å².